The van der Waals surface area contributed by atoms with Crippen LogP contribution in [0.1, 0.15) is 93.2 Å². The van der Waals surface area contributed by atoms with Gasteiger partial charge in [0.2, 0.25) is 70.8 Å². The Labute approximate surface area is 675 Å². The van der Waals surface area contributed by atoms with E-state index in [9.17, 15) is 171 Å². The molecule has 5 aliphatic rings. The highest BCUT2D eigenvalue weighted by Gasteiger charge is 2.58. The maximum Gasteiger partial charge on any atom is 0.343 e. The largest absolute Gasteiger partial charge is 0.504 e. The zero-order chi connectivity index (χ0) is 89.5. The molecule has 0 radical (unpaired) electrons. The second-order valence-electron chi connectivity index (χ2n) is 26.8. The number of aliphatic hydroxyl groups is 1. The van der Waals surface area contributed by atoms with Gasteiger partial charge in [-0.25, -0.2) is 43.2 Å². The Morgan fingerprint density at radius 3 is 1.03 bits per heavy atom. The number of aliphatic hydroxyl groups excluding tert-OH is 1. The van der Waals surface area contributed by atoms with Crippen LogP contribution in [0.4, 0.5) is 0 Å². The SMILES string of the molecule is O=C(OC[C@H]1O[C@@H](OC(=O)c2cc(O)c(O)c(Oc3c(O)c(O)c(O)c4c3C(=O)O[C@H]3[C@@H]5OC(=O)c6cc(O)c(O)c(O)c6-c6c(cc(O)c(O)c6O)C(=O)O[C@H]5[C@@H](OC(=O)c5cc(O)c(O)c(O)c5)O[C@@H]3COC(=O)c3cc(O)c(O)c(O)c3-4)c2)[C@@H]2OC(=O)c3cc(O)c(O)c(O)c3-c3c(cc(O)c(O)c3O)C(=O)O[C@H]2[C@@H]1O)c1cc(O)c(O)c(O)c1. The molecule has 0 unspecified atom stereocenters. The number of carbonyl (C=O) groups excluding carboxylic acids is 9. The second-order valence-corrected chi connectivity index (χ2v) is 26.8. The normalized spacial score (nSPS) is 20.3. The van der Waals surface area contributed by atoms with E-state index in [1.54, 1.807) is 0 Å². The number of ether oxygens (including phenoxy) is 12. The number of hydrogen-bond donors (Lipinski definition) is 27. The minimum Gasteiger partial charge on any atom is -0.504 e. The van der Waals surface area contributed by atoms with Gasteiger partial charge in [0.25, 0.3) is 0 Å². The van der Waals surface area contributed by atoms with Crippen molar-refractivity contribution in [2.24, 2.45) is 0 Å². The third kappa shape index (κ3) is 13.6. The van der Waals surface area contributed by atoms with Crippen LogP contribution in [-0.4, -0.2) is 266 Å². The van der Waals surface area contributed by atoms with Crippen molar-refractivity contribution in [2.45, 2.75) is 61.4 Å². The fourth-order valence-electron chi connectivity index (χ4n) is 13.5. The summed E-state index contributed by atoms with van der Waals surface area (Å²) >= 11 is 0. The summed E-state index contributed by atoms with van der Waals surface area (Å²) in [6, 6.07) is 3.85. The smallest absolute Gasteiger partial charge is 0.343 e. The van der Waals surface area contributed by atoms with Crippen molar-refractivity contribution in [3.8, 4) is 194 Å². The van der Waals surface area contributed by atoms with Crippen LogP contribution in [-0.2, 0) is 52.1 Å². The third-order valence-electron chi connectivity index (χ3n) is 19.4. The lowest BCUT2D eigenvalue weighted by Crippen LogP contribution is -2.63. The summed E-state index contributed by atoms with van der Waals surface area (Å²) in [7, 11) is 0. The van der Waals surface area contributed by atoms with Gasteiger partial charge < -0.3 is 195 Å². The Bertz CT molecular complexity index is 6140. The summed E-state index contributed by atoms with van der Waals surface area (Å²) in [5.41, 5.74) is -19.4. The Balaban J connectivity index is 0.906. The van der Waals surface area contributed by atoms with Gasteiger partial charge in [0.15, 0.2) is 133 Å². The van der Waals surface area contributed by atoms with Crippen molar-refractivity contribution in [3.05, 3.63) is 117 Å². The van der Waals surface area contributed by atoms with Gasteiger partial charge in [-0.15, -0.1) is 0 Å². The topological polar surface area (TPSA) is 811 Å². The number of fused-ring (bicyclic) bond motifs is 13. The van der Waals surface area contributed by atoms with Crippen molar-refractivity contribution in [3.63, 3.8) is 0 Å². The number of aromatic hydroxyl groups is 26. The Kier molecular flexibility index (Phi) is 20.1. The molecule has 9 aromatic rings. The number of esters is 9. The third-order valence-corrected chi connectivity index (χ3v) is 19.4. The van der Waals surface area contributed by atoms with Gasteiger partial charge in [-0.05, 0) is 66.7 Å². The van der Waals surface area contributed by atoms with Crippen LogP contribution in [0.3, 0.4) is 0 Å². The van der Waals surface area contributed by atoms with E-state index in [1.807, 2.05) is 0 Å². The molecule has 48 heteroatoms. The molecule has 0 amide bonds. The number of rotatable bonds is 9. The van der Waals surface area contributed by atoms with E-state index in [0.717, 1.165) is 0 Å². The number of benzene rings is 9. The highest BCUT2D eigenvalue weighted by Crippen LogP contribution is 2.61. The van der Waals surface area contributed by atoms with Crippen LogP contribution >= 0.6 is 0 Å². The van der Waals surface area contributed by atoms with Gasteiger partial charge in [0.05, 0.1) is 50.1 Å². The molecule has 5 heterocycles. The molecule has 14 rings (SSSR count). The van der Waals surface area contributed by atoms with Gasteiger partial charge in [-0.1, -0.05) is 0 Å². The van der Waals surface area contributed by atoms with E-state index in [0.29, 0.717) is 36.4 Å². The highest BCUT2D eigenvalue weighted by molar-refractivity contribution is 6.13. The van der Waals surface area contributed by atoms with Gasteiger partial charge in [0, 0.05) is 27.8 Å². The van der Waals surface area contributed by atoms with Crippen LogP contribution in [0.2, 0.25) is 0 Å². The molecule has 2 fully saturated rings. The fourth-order valence-corrected chi connectivity index (χ4v) is 13.5. The van der Waals surface area contributed by atoms with Crippen LogP contribution in [0.5, 0.6) is 161 Å². The summed E-state index contributed by atoms with van der Waals surface area (Å²) in [5, 5.41) is 298. The summed E-state index contributed by atoms with van der Waals surface area (Å²) in [6.07, 6.45) is -27.4. The average molecular weight is 1720 g/mol. The molecule has 27 N–H and O–H groups in total. The van der Waals surface area contributed by atoms with Crippen molar-refractivity contribution in [1.29, 1.82) is 0 Å². The number of hydrogen-bond acceptors (Lipinski definition) is 48. The Morgan fingerprint density at radius 1 is 0.301 bits per heavy atom. The maximum atomic E-state index is 16.0. The summed E-state index contributed by atoms with van der Waals surface area (Å²) in [5.74, 6) is -60.5. The van der Waals surface area contributed by atoms with Crippen molar-refractivity contribution >= 4 is 53.7 Å². The van der Waals surface area contributed by atoms with Crippen LogP contribution in [0, 0.1) is 0 Å². The molecule has 2 saturated heterocycles. The molecule has 640 valence electrons. The zero-order valence-electron chi connectivity index (χ0n) is 60.2. The van der Waals surface area contributed by atoms with E-state index in [2.05, 4.69) is 0 Å². The number of phenolic OH excluding ortho intramolecular Hbond substituents is 26. The van der Waals surface area contributed by atoms with E-state index in [4.69, 9.17) is 56.8 Å². The Morgan fingerprint density at radius 2 is 0.618 bits per heavy atom. The molecule has 0 bridgehead atoms. The molecular weight excluding hydrogens is 1670 g/mol. The first-order chi connectivity index (χ1) is 57.9. The average Bonchev–Trinajstić information content (AvgIpc) is 1.44. The summed E-state index contributed by atoms with van der Waals surface area (Å²) < 4.78 is 68.0. The predicted molar refractivity (Wildman–Crippen MR) is 379 cm³/mol. The quantitative estimate of drug-likeness (QED) is 0.0561. The predicted octanol–water partition coefficient (Wildman–Crippen LogP) is 2.73. The second kappa shape index (κ2) is 30.0. The van der Waals surface area contributed by atoms with Crippen molar-refractivity contribution in [1.82, 2.24) is 0 Å². The minimum absolute atomic E-state index is 0.221. The van der Waals surface area contributed by atoms with Crippen LogP contribution in [0.25, 0.3) is 33.4 Å². The van der Waals surface area contributed by atoms with E-state index in [1.165, 1.54) is 0 Å². The van der Waals surface area contributed by atoms with Gasteiger partial charge >= 0.3 is 53.7 Å². The van der Waals surface area contributed by atoms with Gasteiger partial charge in [0.1, 0.15) is 37.1 Å². The molecule has 5 aliphatic heterocycles. The minimum atomic E-state index is -2.95. The molecule has 9 aromatic carbocycles. The Hall–Kier alpha value is -17.3. The van der Waals surface area contributed by atoms with Crippen molar-refractivity contribution < 1.29 is 238 Å². The molecule has 48 nitrogen and oxygen atoms in total. The first-order valence-corrected chi connectivity index (χ1v) is 34.2. The van der Waals surface area contributed by atoms with Crippen LogP contribution < -0.4 is 4.74 Å². The van der Waals surface area contributed by atoms with Gasteiger partial charge in [-0.3, -0.25) is 0 Å². The molecule has 10 atom stereocenters. The number of carbonyl (C=O) groups is 9. The van der Waals surface area contributed by atoms with E-state index in [-0.39, 0.29) is 30.3 Å². The number of cyclic esters (lactones) is 1. The molecule has 0 aliphatic carbocycles. The number of phenols is 26. The molecule has 0 saturated carbocycles. The molecule has 0 aromatic heterocycles. The lowest BCUT2D eigenvalue weighted by atomic mass is 9.90. The lowest BCUT2D eigenvalue weighted by molar-refractivity contribution is -0.283. The summed E-state index contributed by atoms with van der Waals surface area (Å²) in [4.78, 5) is 133. The van der Waals surface area contributed by atoms with Crippen molar-refractivity contribution in [2.75, 3.05) is 13.2 Å². The van der Waals surface area contributed by atoms with Gasteiger partial charge in [-0.2, -0.15) is 0 Å². The highest BCUT2D eigenvalue weighted by atomic mass is 16.8. The lowest BCUT2D eigenvalue weighted by Gasteiger charge is -2.44. The first-order valence-electron chi connectivity index (χ1n) is 34.2. The summed E-state index contributed by atoms with van der Waals surface area (Å²) in [6.45, 7) is -2.96. The fraction of sp³-hybridized carbons (Fsp3) is 0.160. The molecule has 0 spiro atoms. The molecule has 123 heavy (non-hydrogen) atoms. The standard InChI is InChI=1S/C75H52O48/c76-22-1-14(2-23(77)42(22)86)65(103)112-12-33-50(94)61-63(120-71(109)20-10-30(84)47(91)53(97)37(20)35-18(69(107)118-61)8-28(82)45(89)51(35)95)74(115-33)123-67(105)16-5-26(80)44(88)32(6-16)114-60-41-40(56(100)57(101)58(60)102)39-17(7-27(81)49(93)55(39)99)68(106)113-13-34-59(117-73(41)111)62-64(75(116-34)122-66(104)15-3-24(78)43(87)25(79)4-15)121-72(110)21-11-31(85)48(92)54(98)38(21)36-19(70(108)119-62)9-29(83)46(90)52(36)96/h1-11,33-34,50,59,61-64,74-102H,12-13H2/t33-,34-,50-,59-,61+,62+,63-,64-,74+,75-/m1/s1. The monoisotopic (exact) mass is 1720 g/mol. The van der Waals surface area contributed by atoms with Crippen LogP contribution in [0.15, 0.2) is 66.7 Å². The first kappa shape index (κ1) is 82.2. The van der Waals surface area contributed by atoms with E-state index < -0.39 is 373 Å². The zero-order valence-corrected chi connectivity index (χ0v) is 60.2. The molecular formula is C75H52O48. The van der Waals surface area contributed by atoms with E-state index >= 15 is 9.59 Å². The maximum absolute atomic E-state index is 16.0.